The molecule has 2 N–H and O–H groups in total. The van der Waals surface area contributed by atoms with Crippen molar-refractivity contribution in [2.45, 2.75) is 31.1 Å². The van der Waals surface area contributed by atoms with Crippen LogP contribution in [0.15, 0.2) is 30.9 Å². The number of nitrogens with zero attached hydrogens (tertiary/aromatic N) is 5. The minimum atomic E-state index is -3.48. The molecule has 0 aliphatic heterocycles. The highest BCUT2D eigenvalue weighted by Gasteiger charge is 2.36. The third kappa shape index (κ3) is 5.81. The van der Waals surface area contributed by atoms with E-state index in [9.17, 15) is 13.2 Å². The van der Waals surface area contributed by atoms with Gasteiger partial charge in [0.1, 0.15) is 17.6 Å². The average molecular weight is 506 g/mol. The van der Waals surface area contributed by atoms with Crippen LogP contribution in [0.1, 0.15) is 41.4 Å². The van der Waals surface area contributed by atoms with Gasteiger partial charge in [0.05, 0.1) is 35.7 Å². The third-order valence-corrected chi connectivity index (χ3v) is 7.55. The molecular formula is C20H23N7O5S2. The summed E-state index contributed by atoms with van der Waals surface area (Å²) in [5.41, 5.74) is 0.537. The van der Waals surface area contributed by atoms with Crippen LogP contribution in [0.3, 0.4) is 0 Å². The number of ether oxygens (including phenoxy) is 2. The molecule has 0 saturated heterocycles. The summed E-state index contributed by atoms with van der Waals surface area (Å²) in [4.78, 5) is 34.6. The van der Waals surface area contributed by atoms with Crippen LogP contribution < -0.4 is 14.8 Å². The van der Waals surface area contributed by atoms with E-state index in [-0.39, 0.29) is 23.3 Å². The lowest BCUT2D eigenvalue weighted by atomic mass is 10.3. The Kier molecular flexibility index (Phi) is 7.29. The van der Waals surface area contributed by atoms with Gasteiger partial charge in [-0.3, -0.25) is 14.5 Å². The van der Waals surface area contributed by atoms with Crippen LogP contribution >= 0.6 is 11.3 Å². The molecule has 1 fully saturated rings. The van der Waals surface area contributed by atoms with E-state index in [1.54, 1.807) is 6.20 Å². The van der Waals surface area contributed by atoms with Gasteiger partial charge in [0, 0.05) is 19.5 Å². The number of sulfonamides is 1. The standard InChI is InChI=1S/C20H23N7O5S2/c1-3-32-17-10-21-8-13(24-17)15-9-23-20(33-15)19(28)25-14(11-31-2)18-22-7-6-16(26-18)27-34(29,30)12-4-5-12/h6-10,12,14H,3-5,11H2,1-2H3,(H,25,28)(H,22,26,27)/t14-/m0/s1. The number of anilines is 1. The van der Waals surface area contributed by atoms with Crippen molar-refractivity contribution in [2.24, 2.45) is 0 Å². The lowest BCUT2D eigenvalue weighted by Crippen LogP contribution is -2.32. The van der Waals surface area contributed by atoms with E-state index in [4.69, 9.17) is 9.47 Å². The van der Waals surface area contributed by atoms with E-state index in [2.05, 4.69) is 35.0 Å². The van der Waals surface area contributed by atoms with E-state index in [0.717, 1.165) is 11.3 Å². The minimum Gasteiger partial charge on any atom is -0.477 e. The van der Waals surface area contributed by atoms with Gasteiger partial charge in [-0.25, -0.2) is 28.4 Å². The lowest BCUT2D eigenvalue weighted by Gasteiger charge is -2.16. The molecule has 1 aliphatic carbocycles. The van der Waals surface area contributed by atoms with Gasteiger partial charge in [-0.05, 0) is 25.8 Å². The van der Waals surface area contributed by atoms with Crippen LogP contribution in [0.25, 0.3) is 10.6 Å². The van der Waals surface area contributed by atoms with Crippen LogP contribution in [0, 0.1) is 0 Å². The van der Waals surface area contributed by atoms with Crippen LogP contribution in [0.4, 0.5) is 5.82 Å². The SMILES string of the molecule is CCOc1cncc(-c2cnc(C(=O)N[C@@H](COC)c3nccc(NS(=O)(=O)C4CC4)n3)s2)n1. The highest BCUT2D eigenvalue weighted by Crippen LogP contribution is 2.29. The van der Waals surface area contributed by atoms with Crippen molar-refractivity contribution < 1.29 is 22.7 Å². The molecule has 0 spiro atoms. The molecule has 1 atom stereocenters. The Morgan fingerprint density at radius 2 is 2.06 bits per heavy atom. The maximum absolute atomic E-state index is 12.9. The van der Waals surface area contributed by atoms with Gasteiger partial charge < -0.3 is 14.8 Å². The number of aromatic nitrogens is 5. The van der Waals surface area contributed by atoms with Crippen LogP contribution in [0.5, 0.6) is 5.88 Å². The van der Waals surface area contributed by atoms with Gasteiger partial charge in [0.15, 0.2) is 10.8 Å². The number of hydrogen-bond acceptors (Lipinski definition) is 11. The molecule has 0 radical (unpaired) electrons. The lowest BCUT2D eigenvalue weighted by molar-refractivity contribution is 0.0891. The molecule has 0 aromatic carbocycles. The Balaban J connectivity index is 1.49. The molecule has 1 amide bonds. The van der Waals surface area contributed by atoms with Gasteiger partial charge >= 0.3 is 0 Å². The zero-order chi connectivity index (χ0) is 24.1. The van der Waals surface area contributed by atoms with Gasteiger partial charge in [-0.1, -0.05) is 0 Å². The fraction of sp³-hybridized carbons (Fsp3) is 0.400. The average Bonchev–Trinajstić information content (AvgIpc) is 3.57. The Labute approximate surface area is 200 Å². The second-order valence-electron chi connectivity index (χ2n) is 7.33. The number of nitrogens with one attached hydrogen (secondary N) is 2. The van der Waals surface area contributed by atoms with Crippen molar-refractivity contribution in [3.05, 3.63) is 41.7 Å². The highest BCUT2D eigenvalue weighted by atomic mass is 32.2. The first-order chi connectivity index (χ1) is 16.4. The summed E-state index contributed by atoms with van der Waals surface area (Å²) in [6, 6.07) is 0.732. The van der Waals surface area contributed by atoms with Crippen molar-refractivity contribution in [2.75, 3.05) is 25.0 Å². The molecule has 34 heavy (non-hydrogen) atoms. The molecule has 180 valence electrons. The van der Waals surface area contributed by atoms with Crippen molar-refractivity contribution in [3.8, 4) is 16.5 Å². The van der Waals surface area contributed by atoms with E-state index in [1.165, 1.54) is 31.8 Å². The van der Waals surface area contributed by atoms with E-state index in [0.29, 0.717) is 35.9 Å². The molecule has 3 heterocycles. The first-order valence-corrected chi connectivity index (χ1v) is 12.8. The predicted octanol–water partition coefficient (Wildman–Crippen LogP) is 1.81. The van der Waals surface area contributed by atoms with Crippen molar-refractivity contribution in [1.82, 2.24) is 30.2 Å². The third-order valence-electron chi connectivity index (χ3n) is 4.69. The number of amides is 1. The fourth-order valence-electron chi connectivity index (χ4n) is 2.96. The van der Waals surface area contributed by atoms with E-state index >= 15 is 0 Å². The first-order valence-electron chi connectivity index (χ1n) is 10.4. The van der Waals surface area contributed by atoms with E-state index < -0.39 is 27.2 Å². The highest BCUT2D eigenvalue weighted by molar-refractivity contribution is 7.93. The quantitative estimate of drug-likeness (QED) is 0.393. The molecule has 12 nitrogen and oxygen atoms in total. The number of thiazole rings is 1. The molecule has 3 aromatic heterocycles. The van der Waals surface area contributed by atoms with E-state index in [1.807, 2.05) is 6.92 Å². The monoisotopic (exact) mass is 505 g/mol. The summed E-state index contributed by atoms with van der Waals surface area (Å²) in [6.45, 7) is 2.38. The molecule has 1 saturated carbocycles. The van der Waals surface area contributed by atoms with Crippen molar-refractivity contribution >= 4 is 33.1 Å². The summed E-state index contributed by atoms with van der Waals surface area (Å²) < 4.78 is 37.5. The molecular weight excluding hydrogens is 482 g/mol. The number of rotatable bonds is 11. The number of carbonyl (C=O) groups excluding carboxylic acids is 1. The van der Waals surface area contributed by atoms with Crippen molar-refractivity contribution in [1.29, 1.82) is 0 Å². The van der Waals surface area contributed by atoms with Crippen LogP contribution in [0.2, 0.25) is 0 Å². The maximum atomic E-state index is 12.9. The summed E-state index contributed by atoms with van der Waals surface area (Å²) >= 11 is 1.14. The largest absolute Gasteiger partial charge is 0.477 e. The molecule has 0 bridgehead atoms. The fourth-order valence-corrected chi connectivity index (χ4v) is 5.06. The maximum Gasteiger partial charge on any atom is 0.280 e. The first kappa shape index (κ1) is 23.9. The molecule has 4 rings (SSSR count). The Hall–Kier alpha value is -3.23. The molecule has 3 aromatic rings. The molecule has 1 aliphatic rings. The smallest absolute Gasteiger partial charge is 0.280 e. The van der Waals surface area contributed by atoms with Gasteiger partial charge in [-0.15, -0.1) is 11.3 Å². The van der Waals surface area contributed by atoms with Gasteiger partial charge in [0.25, 0.3) is 5.91 Å². The number of methoxy groups -OCH3 is 1. The zero-order valence-electron chi connectivity index (χ0n) is 18.5. The van der Waals surface area contributed by atoms with Crippen LogP contribution in [-0.2, 0) is 14.8 Å². The summed E-state index contributed by atoms with van der Waals surface area (Å²) in [7, 11) is -2.00. The zero-order valence-corrected chi connectivity index (χ0v) is 20.1. The van der Waals surface area contributed by atoms with Gasteiger partial charge in [-0.2, -0.15) is 0 Å². The summed E-state index contributed by atoms with van der Waals surface area (Å²) in [5.74, 6) is 0.267. The second-order valence-corrected chi connectivity index (χ2v) is 10.3. The summed E-state index contributed by atoms with van der Waals surface area (Å²) in [6.07, 6.45) is 7.30. The number of carbonyl (C=O) groups is 1. The van der Waals surface area contributed by atoms with Crippen LogP contribution in [-0.4, -0.2) is 64.8 Å². The Morgan fingerprint density at radius 3 is 2.79 bits per heavy atom. The Bertz CT molecular complexity index is 1260. The topological polar surface area (TPSA) is 158 Å². The predicted molar refractivity (Wildman–Crippen MR) is 124 cm³/mol. The normalized spacial score (nSPS) is 14.4. The van der Waals surface area contributed by atoms with Crippen molar-refractivity contribution in [3.63, 3.8) is 0 Å². The Morgan fingerprint density at radius 1 is 1.24 bits per heavy atom. The minimum absolute atomic E-state index is 0.0741. The second kappa shape index (κ2) is 10.4. The number of hydrogen-bond donors (Lipinski definition) is 2. The molecule has 0 unspecified atom stereocenters. The molecule has 14 heteroatoms. The summed E-state index contributed by atoms with van der Waals surface area (Å²) in [5, 5.41) is 2.60. The van der Waals surface area contributed by atoms with Gasteiger partial charge in [0.2, 0.25) is 15.9 Å².